The van der Waals surface area contributed by atoms with E-state index in [2.05, 4.69) is 5.32 Å². The lowest BCUT2D eigenvalue weighted by Crippen LogP contribution is -2.34. The van der Waals surface area contributed by atoms with Crippen LogP contribution in [0.25, 0.3) is 0 Å². The van der Waals surface area contributed by atoms with Crippen LogP contribution in [0.15, 0.2) is 18.2 Å². The van der Waals surface area contributed by atoms with Gasteiger partial charge in [-0.25, -0.2) is 13.6 Å². The van der Waals surface area contributed by atoms with Gasteiger partial charge in [0, 0.05) is 19.2 Å². The van der Waals surface area contributed by atoms with E-state index in [9.17, 15) is 13.6 Å². The van der Waals surface area contributed by atoms with Crippen LogP contribution in [0.5, 0.6) is 0 Å². The van der Waals surface area contributed by atoms with Crippen LogP contribution in [0.1, 0.15) is 13.8 Å². The number of hydrogen-bond donors (Lipinski definition) is 1. The summed E-state index contributed by atoms with van der Waals surface area (Å²) in [5.74, 6) is -1.24. The molecule has 1 aromatic carbocycles. The van der Waals surface area contributed by atoms with Crippen molar-refractivity contribution in [3.63, 3.8) is 0 Å². The molecule has 3 nitrogen and oxygen atoms in total. The summed E-state index contributed by atoms with van der Waals surface area (Å²) < 4.78 is 26.0. The summed E-state index contributed by atoms with van der Waals surface area (Å²) in [5.41, 5.74) is -0.142. The Morgan fingerprint density at radius 2 is 1.94 bits per heavy atom. The summed E-state index contributed by atoms with van der Waals surface area (Å²) >= 11 is 0. The van der Waals surface area contributed by atoms with Gasteiger partial charge < -0.3 is 10.2 Å². The molecule has 5 heteroatoms. The van der Waals surface area contributed by atoms with E-state index in [1.807, 2.05) is 13.8 Å². The van der Waals surface area contributed by atoms with Crippen LogP contribution in [0.3, 0.4) is 0 Å². The average molecular weight is 228 g/mol. The third-order valence-electron chi connectivity index (χ3n) is 2.22. The first-order valence-corrected chi connectivity index (χ1v) is 5.09. The maximum Gasteiger partial charge on any atom is 0.321 e. The summed E-state index contributed by atoms with van der Waals surface area (Å²) in [6.45, 7) is 4.65. The molecule has 0 aliphatic rings. The van der Waals surface area contributed by atoms with Crippen molar-refractivity contribution in [2.75, 3.05) is 18.4 Å². The average Bonchev–Trinajstić information content (AvgIpc) is 2.25. The highest BCUT2D eigenvalue weighted by atomic mass is 19.1. The Hall–Kier alpha value is -1.65. The Morgan fingerprint density at radius 1 is 1.31 bits per heavy atom. The SMILES string of the molecule is CCN(CC)C(=O)Nc1cc(F)ccc1F. The fourth-order valence-corrected chi connectivity index (χ4v) is 1.30. The van der Waals surface area contributed by atoms with Gasteiger partial charge in [-0.1, -0.05) is 0 Å². The first kappa shape index (κ1) is 12.4. The number of hydrogen-bond acceptors (Lipinski definition) is 1. The van der Waals surface area contributed by atoms with Crippen molar-refractivity contribution in [1.82, 2.24) is 4.90 Å². The van der Waals surface area contributed by atoms with Crippen LogP contribution in [-0.4, -0.2) is 24.0 Å². The molecule has 0 radical (unpaired) electrons. The van der Waals surface area contributed by atoms with E-state index in [0.29, 0.717) is 13.1 Å². The number of carbonyl (C=O) groups excluding carboxylic acids is 1. The van der Waals surface area contributed by atoms with Gasteiger partial charge in [0.1, 0.15) is 11.6 Å². The van der Waals surface area contributed by atoms with Crippen molar-refractivity contribution >= 4 is 11.7 Å². The van der Waals surface area contributed by atoms with Crippen molar-refractivity contribution < 1.29 is 13.6 Å². The highest BCUT2D eigenvalue weighted by Gasteiger charge is 2.12. The number of carbonyl (C=O) groups is 1. The minimum Gasteiger partial charge on any atom is -0.325 e. The fraction of sp³-hybridized carbons (Fsp3) is 0.364. The molecule has 0 saturated carbocycles. The van der Waals surface area contributed by atoms with Gasteiger partial charge in [-0.3, -0.25) is 0 Å². The molecule has 0 saturated heterocycles. The lowest BCUT2D eigenvalue weighted by molar-refractivity contribution is 0.217. The van der Waals surface area contributed by atoms with E-state index in [4.69, 9.17) is 0 Å². The fourth-order valence-electron chi connectivity index (χ4n) is 1.30. The molecule has 1 aromatic rings. The van der Waals surface area contributed by atoms with Gasteiger partial charge in [0.15, 0.2) is 0 Å². The normalized spacial score (nSPS) is 10.0. The second-order valence-electron chi connectivity index (χ2n) is 3.23. The smallest absolute Gasteiger partial charge is 0.321 e. The number of amides is 2. The molecule has 0 heterocycles. The van der Waals surface area contributed by atoms with Gasteiger partial charge in [-0.2, -0.15) is 0 Å². The van der Waals surface area contributed by atoms with Crippen LogP contribution in [0.4, 0.5) is 19.3 Å². The predicted molar refractivity (Wildman–Crippen MR) is 58.3 cm³/mol. The van der Waals surface area contributed by atoms with E-state index < -0.39 is 17.7 Å². The topological polar surface area (TPSA) is 32.3 Å². The zero-order valence-corrected chi connectivity index (χ0v) is 9.26. The summed E-state index contributed by atoms with van der Waals surface area (Å²) in [6.07, 6.45) is 0. The molecule has 88 valence electrons. The minimum atomic E-state index is -0.651. The zero-order chi connectivity index (χ0) is 12.1. The second kappa shape index (κ2) is 5.44. The first-order valence-electron chi connectivity index (χ1n) is 5.09. The number of anilines is 1. The molecule has 0 fully saturated rings. The standard InChI is InChI=1S/C11H14F2N2O/c1-3-15(4-2)11(16)14-10-7-8(12)5-6-9(10)13/h5-7H,3-4H2,1-2H3,(H,14,16). The third kappa shape index (κ3) is 2.92. The number of benzene rings is 1. The molecule has 2 amide bonds. The molecule has 16 heavy (non-hydrogen) atoms. The number of halogens is 2. The van der Waals surface area contributed by atoms with Gasteiger partial charge in [-0.15, -0.1) is 0 Å². The van der Waals surface area contributed by atoms with Gasteiger partial charge in [0.05, 0.1) is 5.69 Å². The predicted octanol–water partition coefficient (Wildman–Crippen LogP) is 2.84. The van der Waals surface area contributed by atoms with Gasteiger partial charge >= 0.3 is 6.03 Å². The highest BCUT2D eigenvalue weighted by Crippen LogP contribution is 2.15. The summed E-state index contributed by atoms with van der Waals surface area (Å²) in [6, 6.07) is 2.50. The number of rotatable bonds is 3. The Kier molecular flexibility index (Phi) is 4.22. The van der Waals surface area contributed by atoms with E-state index in [0.717, 1.165) is 18.2 Å². The largest absolute Gasteiger partial charge is 0.325 e. The number of nitrogens with zero attached hydrogens (tertiary/aromatic N) is 1. The Labute approximate surface area is 93.1 Å². The zero-order valence-electron chi connectivity index (χ0n) is 9.26. The van der Waals surface area contributed by atoms with E-state index in [1.54, 1.807) is 0 Å². The third-order valence-corrected chi connectivity index (χ3v) is 2.22. The van der Waals surface area contributed by atoms with Crippen LogP contribution >= 0.6 is 0 Å². The van der Waals surface area contributed by atoms with Gasteiger partial charge in [0.25, 0.3) is 0 Å². The molecule has 0 atom stereocenters. The van der Waals surface area contributed by atoms with Crippen LogP contribution in [-0.2, 0) is 0 Å². The molecule has 1 N–H and O–H groups in total. The maximum atomic E-state index is 13.2. The quantitative estimate of drug-likeness (QED) is 0.847. The molecule has 0 aromatic heterocycles. The molecule has 0 aliphatic heterocycles. The number of urea groups is 1. The first-order chi connectivity index (χ1) is 7.58. The van der Waals surface area contributed by atoms with Crippen molar-refractivity contribution in [1.29, 1.82) is 0 Å². The molecule has 0 spiro atoms. The maximum absolute atomic E-state index is 13.2. The Bertz CT molecular complexity index is 378. The van der Waals surface area contributed by atoms with Crippen molar-refractivity contribution in [3.8, 4) is 0 Å². The second-order valence-corrected chi connectivity index (χ2v) is 3.23. The van der Waals surface area contributed by atoms with Gasteiger partial charge in [-0.05, 0) is 26.0 Å². The van der Waals surface area contributed by atoms with Crippen LogP contribution in [0, 0.1) is 11.6 Å². The monoisotopic (exact) mass is 228 g/mol. The highest BCUT2D eigenvalue weighted by molar-refractivity contribution is 5.89. The Morgan fingerprint density at radius 3 is 2.50 bits per heavy atom. The molecule has 0 unspecified atom stereocenters. The van der Waals surface area contributed by atoms with Crippen molar-refractivity contribution in [3.05, 3.63) is 29.8 Å². The van der Waals surface area contributed by atoms with Crippen molar-refractivity contribution in [2.45, 2.75) is 13.8 Å². The summed E-state index contributed by atoms with van der Waals surface area (Å²) in [5, 5.41) is 2.32. The lowest BCUT2D eigenvalue weighted by atomic mass is 10.3. The van der Waals surface area contributed by atoms with Crippen LogP contribution in [0.2, 0.25) is 0 Å². The summed E-state index contributed by atoms with van der Waals surface area (Å²) in [7, 11) is 0. The summed E-state index contributed by atoms with van der Waals surface area (Å²) in [4.78, 5) is 13.0. The van der Waals surface area contributed by atoms with Crippen molar-refractivity contribution in [2.24, 2.45) is 0 Å². The molecular weight excluding hydrogens is 214 g/mol. The minimum absolute atomic E-state index is 0.142. The van der Waals surface area contributed by atoms with Gasteiger partial charge in [0.2, 0.25) is 0 Å². The van der Waals surface area contributed by atoms with E-state index >= 15 is 0 Å². The Balaban J connectivity index is 2.80. The molecule has 1 rings (SSSR count). The molecule has 0 aliphatic carbocycles. The van der Waals surface area contributed by atoms with Crippen LogP contribution < -0.4 is 5.32 Å². The van der Waals surface area contributed by atoms with E-state index in [1.165, 1.54) is 4.90 Å². The lowest BCUT2D eigenvalue weighted by Gasteiger charge is -2.19. The van der Waals surface area contributed by atoms with E-state index in [-0.39, 0.29) is 5.69 Å². The number of nitrogens with one attached hydrogen (secondary N) is 1. The molecule has 0 bridgehead atoms. The molecular formula is C11H14F2N2O.